The lowest BCUT2D eigenvalue weighted by Gasteiger charge is -2.46. The van der Waals surface area contributed by atoms with Crippen LogP contribution in [-0.4, -0.2) is 113 Å². The van der Waals surface area contributed by atoms with Gasteiger partial charge in [-0.05, 0) is 105 Å². The molecule has 0 aromatic heterocycles. The highest BCUT2D eigenvalue weighted by Crippen LogP contribution is 2.50. The molecule has 10 nitrogen and oxygen atoms in total. The van der Waals surface area contributed by atoms with Crippen LogP contribution >= 0.6 is 0 Å². The van der Waals surface area contributed by atoms with Gasteiger partial charge in [0.25, 0.3) is 0 Å². The third-order valence-corrected chi connectivity index (χ3v) is 14.5. The number of hydrogen-bond donors (Lipinski definition) is 2. The molecule has 0 aromatic carbocycles. The van der Waals surface area contributed by atoms with Crippen molar-refractivity contribution < 1.29 is 48.1 Å². The third-order valence-electron chi connectivity index (χ3n) is 14.5. The maximum absolute atomic E-state index is 11.3. The van der Waals surface area contributed by atoms with Crippen LogP contribution in [0, 0.1) is 47.3 Å². The lowest BCUT2D eigenvalue weighted by atomic mass is 9.62. The molecule has 2 aliphatic heterocycles. The van der Waals surface area contributed by atoms with Crippen LogP contribution in [0.15, 0.2) is 47.6 Å². The number of ether oxygens (including phenoxy) is 8. The highest BCUT2D eigenvalue weighted by atomic mass is 16.7. The van der Waals surface area contributed by atoms with Gasteiger partial charge < -0.3 is 48.1 Å². The van der Waals surface area contributed by atoms with Crippen LogP contribution in [0.4, 0.5) is 0 Å². The molecule has 0 bridgehead atoms. The second-order valence-electron chi connectivity index (χ2n) is 18.3. The fourth-order valence-corrected chi connectivity index (χ4v) is 10.3. The van der Waals surface area contributed by atoms with E-state index in [2.05, 4.69) is 85.8 Å². The van der Waals surface area contributed by atoms with Gasteiger partial charge in [0.15, 0.2) is 12.6 Å². The quantitative estimate of drug-likeness (QED) is 0.0684. The molecule has 2 N–H and O–H groups in total. The minimum Gasteiger partial charge on any atom is -0.392 e. The molecule has 4 rings (SSSR count). The first-order valence-corrected chi connectivity index (χ1v) is 23.0. The van der Waals surface area contributed by atoms with Gasteiger partial charge in [-0.2, -0.15) is 0 Å². The van der Waals surface area contributed by atoms with Crippen LogP contribution in [0.25, 0.3) is 0 Å². The van der Waals surface area contributed by atoms with Gasteiger partial charge >= 0.3 is 0 Å². The van der Waals surface area contributed by atoms with E-state index in [0.29, 0.717) is 48.7 Å². The van der Waals surface area contributed by atoms with Gasteiger partial charge in [0.2, 0.25) is 0 Å². The predicted octanol–water partition coefficient (Wildman–Crippen LogP) is 8.84. The highest BCUT2D eigenvalue weighted by Gasteiger charge is 2.48. The van der Waals surface area contributed by atoms with Crippen molar-refractivity contribution in [1.29, 1.82) is 0 Å². The van der Waals surface area contributed by atoms with Gasteiger partial charge in [-0.15, -0.1) is 0 Å². The molecule has 0 spiro atoms. The molecule has 18 atom stereocenters. The fraction of sp³-hybridized carbons (Fsp3) is 0.837. The van der Waals surface area contributed by atoms with Crippen LogP contribution in [0.1, 0.15) is 113 Å². The third kappa shape index (κ3) is 13.8. The normalized spacial score (nSPS) is 34.9. The summed E-state index contributed by atoms with van der Waals surface area (Å²) in [6.07, 6.45) is 19.3. The monoisotopic (exact) mass is 833 g/mol. The molecule has 1 unspecified atom stereocenters. The van der Waals surface area contributed by atoms with Crippen LogP contribution in [0.3, 0.4) is 0 Å². The Morgan fingerprint density at radius 1 is 0.593 bits per heavy atom. The molecule has 0 aromatic rings. The van der Waals surface area contributed by atoms with E-state index in [1.807, 2.05) is 6.08 Å². The van der Waals surface area contributed by atoms with Gasteiger partial charge in [0.05, 0.1) is 49.8 Å². The first-order chi connectivity index (χ1) is 28.3. The van der Waals surface area contributed by atoms with Crippen LogP contribution in [0.2, 0.25) is 0 Å². The summed E-state index contributed by atoms with van der Waals surface area (Å²) >= 11 is 0. The molecule has 10 heteroatoms. The average molecular weight is 833 g/mol. The van der Waals surface area contributed by atoms with Gasteiger partial charge in [0, 0.05) is 53.1 Å². The molecule has 0 radical (unpaired) electrons. The van der Waals surface area contributed by atoms with Crippen molar-refractivity contribution >= 4 is 0 Å². The summed E-state index contributed by atoms with van der Waals surface area (Å²) in [7, 11) is 7.01. The number of aliphatic hydroxyl groups excluding tert-OH is 2. The van der Waals surface area contributed by atoms with E-state index in [0.717, 1.165) is 68.9 Å². The lowest BCUT2D eigenvalue weighted by molar-refractivity contribution is -0.231. The summed E-state index contributed by atoms with van der Waals surface area (Å²) in [5.74, 6) is 2.61. The van der Waals surface area contributed by atoms with Gasteiger partial charge in [-0.25, -0.2) is 0 Å². The zero-order valence-electron chi connectivity index (χ0n) is 38.8. The van der Waals surface area contributed by atoms with Crippen molar-refractivity contribution in [2.45, 2.75) is 175 Å². The molecule has 2 saturated carbocycles. The van der Waals surface area contributed by atoms with Crippen LogP contribution < -0.4 is 0 Å². The minimum atomic E-state index is -0.374. The summed E-state index contributed by atoms with van der Waals surface area (Å²) in [6.45, 7) is 18.0. The molecular formula is C49H84O10. The maximum atomic E-state index is 11.3. The minimum absolute atomic E-state index is 0.0425. The van der Waals surface area contributed by atoms with E-state index in [4.69, 9.17) is 37.9 Å². The Labute approximate surface area is 358 Å². The second kappa shape index (κ2) is 25.0. The van der Waals surface area contributed by atoms with Gasteiger partial charge in [-0.1, -0.05) is 78.0 Å². The Morgan fingerprint density at radius 2 is 1.08 bits per heavy atom. The highest BCUT2D eigenvalue weighted by molar-refractivity contribution is 5.19. The van der Waals surface area contributed by atoms with Crippen molar-refractivity contribution in [3.05, 3.63) is 47.6 Å². The molecular weight excluding hydrogens is 749 g/mol. The molecule has 4 fully saturated rings. The van der Waals surface area contributed by atoms with E-state index in [9.17, 15) is 10.2 Å². The number of methoxy groups -OCH3 is 4. The number of rotatable bonds is 25. The van der Waals surface area contributed by atoms with Crippen molar-refractivity contribution in [1.82, 2.24) is 0 Å². The number of allylic oxidation sites excluding steroid dienone is 4. The lowest BCUT2D eigenvalue weighted by Crippen LogP contribution is -2.45. The van der Waals surface area contributed by atoms with Crippen LogP contribution in [0.5, 0.6) is 0 Å². The topological polar surface area (TPSA) is 114 Å². The maximum Gasteiger partial charge on any atom is 0.158 e. The van der Waals surface area contributed by atoms with Gasteiger partial charge in [0.1, 0.15) is 12.2 Å². The Kier molecular flexibility index (Phi) is 21.3. The fourth-order valence-electron chi connectivity index (χ4n) is 10.3. The van der Waals surface area contributed by atoms with E-state index in [-0.39, 0.29) is 73.2 Å². The molecule has 59 heavy (non-hydrogen) atoms. The average Bonchev–Trinajstić information content (AvgIpc) is 4.03. The van der Waals surface area contributed by atoms with E-state index >= 15 is 0 Å². The zero-order chi connectivity index (χ0) is 43.2. The zero-order valence-corrected chi connectivity index (χ0v) is 38.8. The van der Waals surface area contributed by atoms with Crippen molar-refractivity contribution in [3.8, 4) is 0 Å². The molecule has 4 aliphatic rings. The Bertz CT molecular complexity index is 1320. The number of aliphatic hydroxyl groups is 2. The Balaban J connectivity index is 1.25. The smallest absolute Gasteiger partial charge is 0.158 e. The van der Waals surface area contributed by atoms with Crippen LogP contribution in [-0.2, 0) is 37.9 Å². The van der Waals surface area contributed by atoms with Crippen molar-refractivity contribution in [3.63, 3.8) is 0 Å². The Morgan fingerprint density at radius 3 is 1.61 bits per heavy atom. The number of hydrogen-bond acceptors (Lipinski definition) is 10. The first kappa shape index (κ1) is 50.2. The Hall–Kier alpha value is -1.44. The molecule has 2 heterocycles. The molecule has 340 valence electrons. The van der Waals surface area contributed by atoms with E-state index in [1.54, 1.807) is 28.4 Å². The van der Waals surface area contributed by atoms with E-state index in [1.165, 1.54) is 0 Å². The molecule has 0 amide bonds. The van der Waals surface area contributed by atoms with Gasteiger partial charge in [-0.3, -0.25) is 0 Å². The standard InChI is InChI=1S/C49H84O10/c1-13-40(52-9)34(7)36-21-22-37(36)46(50)30(3)17-15-19-32(5)48-42(54-11)23-26-45(59-48)57-28-27-56-43-24-25-44(55-12)58-49(43)33(6)20-16-18-31(4)47(51)39-29-38(39)35(8)41(14-2)53-10/h15-20,30-31,34-51H,13-14,21-29H2,1-12H3/b17-15+,18-16+,32-19+,33-20+/t30-,31-,34-,35-,36+,37-,38+,39?,40-,41-,42-,43-,44+,45-,46+,47+,48+,49+/m0/s1. The van der Waals surface area contributed by atoms with E-state index < -0.39 is 0 Å². The summed E-state index contributed by atoms with van der Waals surface area (Å²) in [5.41, 5.74) is 2.12. The molecule has 2 aliphatic carbocycles. The van der Waals surface area contributed by atoms with Crippen molar-refractivity contribution in [2.24, 2.45) is 47.3 Å². The summed E-state index contributed by atoms with van der Waals surface area (Å²) in [6, 6.07) is 0. The summed E-state index contributed by atoms with van der Waals surface area (Å²) < 4.78 is 48.3. The predicted molar refractivity (Wildman–Crippen MR) is 234 cm³/mol. The SMILES string of the molecule is CC[C@H](OC)[C@@H](C)[C@H]1CC1[C@H](O)[C@@H](C)/C=C/C=C(\C)[C@H]1O[C@@H](OC)CC[C@@H]1OCCO[C@@H]1CC[C@H](OC)[C@@H](/C(C)=C/C=C/[C@H](C)[C@@H](O)[C@H]2CC[C@@H]2[C@H](C)[C@H](CC)OC)O1. The molecule has 2 saturated heterocycles. The summed E-state index contributed by atoms with van der Waals surface area (Å²) in [4.78, 5) is 0. The summed E-state index contributed by atoms with van der Waals surface area (Å²) in [5, 5.41) is 22.4. The first-order valence-electron chi connectivity index (χ1n) is 23.0. The largest absolute Gasteiger partial charge is 0.392 e. The van der Waals surface area contributed by atoms with Crippen molar-refractivity contribution in [2.75, 3.05) is 41.7 Å². The second-order valence-corrected chi connectivity index (χ2v) is 18.3.